The van der Waals surface area contributed by atoms with Crippen LogP contribution in [0.25, 0.3) is 0 Å². The van der Waals surface area contributed by atoms with Crippen LogP contribution in [-0.4, -0.2) is 4.75 Å². The summed E-state index contributed by atoms with van der Waals surface area (Å²) >= 11 is 5.39. The van der Waals surface area contributed by atoms with E-state index in [1.165, 1.54) is 31.1 Å². The van der Waals surface area contributed by atoms with Gasteiger partial charge in [-0.15, -0.1) is 0 Å². The molecule has 24 heavy (non-hydrogen) atoms. The molecule has 10 saturated carbocycles. The molecule has 0 aromatic rings. The molecule has 0 aromatic heterocycles. The van der Waals surface area contributed by atoms with Crippen LogP contribution in [0.1, 0.15) is 64.7 Å². The lowest BCUT2D eigenvalue weighted by Gasteiger charge is -2.85. The Morgan fingerprint density at radius 3 is 2.54 bits per heavy atom. The molecular weight excluding hydrogens is 308 g/mol. The predicted molar refractivity (Wildman–Crippen MR) is 98.7 cm³/mol. The van der Waals surface area contributed by atoms with E-state index in [9.17, 15) is 0 Å². The Kier molecular flexibility index (Phi) is 2.00. The predicted octanol–water partition coefficient (Wildman–Crippen LogP) is 5.43. The van der Waals surface area contributed by atoms with Gasteiger partial charge in [0.2, 0.25) is 0 Å². The fourth-order valence-electron chi connectivity index (χ4n) is 12.6. The molecule has 13 unspecified atom stereocenters. The molecule has 10 rings (SSSR count). The molecule has 0 saturated heterocycles. The van der Waals surface area contributed by atoms with E-state index in [0.717, 1.165) is 58.2 Å². The summed E-state index contributed by atoms with van der Waals surface area (Å²) in [5.74, 6) is 11.2. The lowest BCUT2D eigenvalue weighted by molar-refractivity contribution is -0.357. The number of rotatable bonds is 0. The smallest absolute Gasteiger partial charge is 0.0141 e. The fraction of sp³-hybridized carbons (Fsp3) is 1.00. The van der Waals surface area contributed by atoms with Crippen molar-refractivity contribution in [1.29, 1.82) is 0 Å². The van der Waals surface area contributed by atoms with Crippen molar-refractivity contribution in [2.45, 2.75) is 69.5 Å². The summed E-state index contributed by atoms with van der Waals surface area (Å²) < 4.78 is 0.456. The Labute approximate surface area is 152 Å². The Hall–Kier alpha value is 0.350. The van der Waals surface area contributed by atoms with Crippen molar-refractivity contribution in [1.82, 2.24) is 0 Å². The average molecular weight is 341 g/mol. The van der Waals surface area contributed by atoms with Crippen LogP contribution in [0.2, 0.25) is 0 Å². The first-order valence-corrected chi connectivity index (χ1v) is 11.7. The average Bonchev–Trinajstić information content (AvgIpc) is 2.53. The molecule has 0 N–H and O–H groups in total. The molecule has 0 aliphatic heterocycles. The summed E-state index contributed by atoms with van der Waals surface area (Å²) in [6, 6.07) is 0. The molecule has 10 fully saturated rings. The number of fused-ring (bicyclic) bond motifs is 1. The molecule has 13 atom stereocenters. The van der Waals surface area contributed by atoms with Crippen LogP contribution in [0.5, 0.6) is 0 Å². The second-order valence-electron chi connectivity index (χ2n) is 12.5. The van der Waals surface area contributed by atoms with Gasteiger partial charge in [0.25, 0.3) is 0 Å². The number of hydrogen-bond donors (Lipinski definition) is 1. The van der Waals surface area contributed by atoms with E-state index in [4.69, 9.17) is 12.6 Å². The molecule has 130 valence electrons. The Bertz CT molecular complexity index is 669. The molecule has 0 aromatic carbocycles. The first-order valence-electron chi connectivity index (χ1n) is 11.2. The highest BCUT2D eigenvalue weighted by atomic mass is 32.1. The van der Waals surface area contributed by atoms with Gasteiger partial charge in [0, 0.05) is 4.75 Å². The highest BCUT2D eigenvalue weighted by molar-refractivity contribution is 7.81. The molecule has 10 aliphatic carbocycles. The van der Waals surface area contributed by atoms with Gasteiger partial charge in [0.1, 0.15) is 0 Å². The third-order valence-corrected chi connectivity index (χ3v) is 12.6. The van der Waals surface area contributed by atoms with E-state index < -0.39 is 0 Å². The minimum Gasteiger partial charge on any atom is -0.172 e. The third-order valence-electron chi connectivity index (χ3n) is 12.1. The van der Waals surface area contributed by atoms with E-state index in [0.29, 0.717) is 4.75 Å². The Balaban J connectivity index is 1.42. The molecule has 0 nitrogen and oxygen atoms in total. The minimum atomic E-state index is 0.456. The van der Waals surface area contributed by atoms with Crippen molar-refractivity contribution in [2.75, 3.05) is 0 Å². The Morgan fingerprint density at radius 1 is 0.750 bits per heavy atom. The SMILES string of the molecule is CC1CC2CC3C1CC14CC5(S)CC6C7CC(C2)(CC61)C3C4C7C5. The Morgan fingerprint density at radius 2 is 1.62 bits per heavy atom. The first kappa shape index (κ1) is 13.5. The summed E-state index contributed by atoms with van der Waals surface area (Å²) in [7, 11) is 0. The van der Waals surface area contributed by atoms with Gasteiger partial charge in [-0.1, -0.05) is 6.92 Å². The van der Waals surface area contributed by atoms with Gasteiger partial charge in [-0.3, -0.25) is 0 Å². The molecule has 1 heteroatoms. The van der Waals surface area contributed by atoms with Gasteiger partial charge in [0.05, 0.1) is 0 Å². The van der Waals surface area contributed by atoms with Crippen molar-refractivity contribution >= 4 is 12.6 Å². The zero-order valence-corrected chi connectivity index (χ0v) is 16.0. The summed E-state index contributed by atoms with van der Waals surface area (Å²) in [6.45, 7) is 2.65. The fourth-order valence-corrected chi connectivity index (χ4v) is 13.3. The lowest BCUT2D eigenvalue weighted by atomic mass is 9.20. The zero-order chi connectivity index (χ0) is 15.6. The molecule has 2 spiro atoms. The summed E-state index contributed by atoms with van der Waals surface area (Å²) in [5, 5.41) is 0. The van der Waals surface area contributed by atoms with Gasteiger partial charge in [-0.05, 0) is 128 Å². The van der Waals surface area contributed by atoms with Crippen molar-refractivity contribution in [3.8, 4) is 0 Å². The maximum atomic E-state index is 5.39. The minimum absolute atomic E-state index is 0.456. The van der Waals surface area contributed by atoms with Gasteiger partial charge >= 0.3 is 0 Å². The van der Waals surface area contributed by atoms with E-state index in [-0.39, 0.29) is 0 Å². The highest BCUT2D eigenvalue weighted by Gasteiger charge is 2.81. The second-order valence-corrected chi connectivity index (χ2v) is 13.5. The van der Waals surface area contributed by atoms with Crippen LogP contribution in [0.3, 0.4) is 0 Å². The molecular formula is C23H32S. The van der Waals surface area contributed by atoms with Crippen LogP contribution in [-0.2, 0) is 0 Å². The maximum Gasteiger partial charge on any atom is 0.0141 e. The van der Waals surface area contributed by atoms with Crippen molar-refractivity contribution in [2.24, 2.45) is 70.0 Å². The topological polar surface area (TPSA) is 0 Å². The van der Waals surface area contributed by atoms with Crippen LogP contribution in [0.15, 0.2) is 0 Å². The quantitative estimate of drug-likeness (QED) is 0.559. The molecule has 11 bridgehead atoms. The van der Waals surface area contributed by atoms with Crippen LogP contribution in [0.4, 0.5) is 0 Å². The number of hydrogen-bond acceptors (Lipinski definition) is 1. The summed E-state index contributed by atoms with van der Waals surface area (Å²) in [6.07, 6.45) is 14.4. The second kappa shape index (κ2) is 3.55. The summed E-state index contributed by atoms with van der Waals surface area (Å²) in [4.78, 5) is 0. The molecule has 0 amide bonds. The van der Waals surface area contributed by atoms with Crippen LogP contribution >= 0.6 is 12.6 Å². The van der Waals surface area contributed by atoms with E-state index in [2.05, 4.69) is 6.92 Å². The summed E-state index contributed by atoms with van der Waals surface area (Å²) in [5.41, 5.74) is 1.62. The highest BCUT2D eigenvalue weighted by Crippen LogP contribution is 2.87. The van der Waals surface area contributed by atoms with E-state index >= 15 is 0 Å². The number of thiol groups is 1. The van der Waals surface area contributed by atoms with Crippen molar-refractivity contribution in [3.05, 3.63) is 0 Å². The molecule has 10 aliphatic rings. The molecule has 0 heterocycles. The lowest BCUT2D eigenvalue weighted by Crippen LogP contribution is -2.80. The molecule has 0 radical (unpaired) electrons. The van der Waals surface area contributed by atoms with Gasteiger partial charge in [-0.25, -0.2) is 0 Å². The van der Waals surface area contributed by atoms with Crippen LogP contribution in [0, 0.1) is 70.0 Å². The third kappa shape index (κ3) is 1.14. The van der Waals surface area contributed by atoms with Gasteiger partial charge in [-0.2, -0.15) is 12.6 Å². The van der Waals surface area contributed by atoms with Gasteiger partial charge in [0.15, 0.2) is 0 Å². The van der Waals surface area contributed by atoms with Crippen LogP contribution < -0.4 is 0 Å². The van der Waals surface area contributed by atoms with E-state index in [1.807, 2.05) is 0 Å². The van der Waals surface area contributed by atoms with Crippen molar-refractivity contribution < 1.29 is 0 Å². The zero-order valence-electron chi connectivity index (χ0n) is 15.1. The van der Waals surface area contributed by atoms with E-state index in [1.54, 1.807) is 38.5 Å². The first-order chi connectivity index (χ1) is 11.5. The van der Waals surface area contributed by atoms with Gasteiger partial charge < -0.3 is 0 Å². The normalized spacial score (nSPS) is 78.2. The standard InChI is InChI=1S/C23H32S/c1-11-2-12-3-13-14(11)8-23-10-22(24)6-16-15-5-21(4-12,9-18(16)23)19(13)20(23)17(15)7-22/h11-20,24H,2-10H2,1H3. The monoisotopic (exact) mass is 340 g/mol. The largest absolute Gasteiger partial charge is 0.172 e. The maximum absolute atomic E-state index is 5.39. The van der Waals surface area contributed by atoms with Crippen molar-refractivity contribution in [3.63, 3.8) is 0 Å².